The van der Waals surface area contributed by atoms with Crippen LogP contribution in [0.15, 0.2) is 12.1 Å². The van der Waals surface area contributed by atoms with Crippen LogP contribution in [-0.2, 0) is 4.79 Å². The van der Waals surface area contributed by atoms with E-state index in [1.807, 2.05) is 0 Å². The standard InChI is InChI=1S/C10H9Cl2NO3/c11-4-1-5(12)9-6(2-4)13-7(10(15)16)3-8(9)14/h1-2,7-8,13-14H,3H2,(H,15,16). The molecule has 0 saturated heterocycles. The molecule has 4 nitrogen and oxygen atoms in total. The summed E-state index contributed by atoms with van der Waals surface area (Å²) in [5.74, 6) is -1.01. The first-order chi connectivity index (χ1) is 7.49. The molecule has 1 aromatic rings. The van der Waals surface area contributed by atoms with Crippen LogP contribution in [0.5, 0.6) is 0 Å². The number of carbonyl (C=O) groups is 1. The molecule has 86 valence electrons. The minimum atomic E-state index is -1.01. The number of aliphatic hydroxyl groups excluding tert-OH is 1. The fourth-order valence-electron chi connectivity index (χ4n) is 1.79. The van der Waals surface area contributed by atoms with Crippen molar-refractivity contribution in [2.45, 2.75) is 18.6 Å². The number of fused-ring (bicyclic) bond motifs is 1. The smallest absolute Gasteiger partial charge is 0.326 e. The quantitative estimate of drug-likeness (QED) is 0.726. The third kappa shape index (κ3) is 1.96. The SMILES string of the molecule is O=C(O)C1CC(O)c2c(Cl)cc(Cl)cc2N1. The van der Waals surface area contributed by atoms with Crippen molar-refractivity contribution in [3.05, 3.63) is 27.7 Å². The van der Waals surface area contributed by atoms with E-state index in [4.69, 9.17) is 28.3 Å². The third-order valence-electron chi connectivity index (χ3n) is 2.51. The van der Waals surface area contributed by atoms with Crippen molar-refractivity contribution >= 4 is 34.9 Å². The Bertz CT molecular complexity index is 450. The molecule has 2 rings (SSSR count). The second-order valence-electron chi connectivity index (χ2n) is 3.64. The number of aliphatic carboxylic acids is 1. The van der Waals surface area contributed by atoms with Gasteiger partial charge in [0, 0.05) is 27.7 Å². The van der Waals surface area contributed by atoms with Gasteiger partial charge in [-0.2, -0.15) is 0 Å². The Morgan fingerprint density at radius 3 is 2.75 bits per heavy atom. The second-order valence-corrected chi connectivity index (χ2v) is 4.48. The summed E-state index contributed by atoms with van der Waals surface area (Å²) in [7, 11) is 0. The van der Waals surface area contributed by atoms with Gasteiger partial charge in [-0.05, 0) is 12.1 Å². The molecule has 0 fully saturated rings. The molecule has 2 atom stereocenters. The Hall–Kier alpha value is -0.970. The third-order valence-corrected chi connectivity index (χ3v) is 3.05. The number of hydrogen-bond acceptors (Lipinski definition) is 3. The van der Waals surface area contributed by atoms with Crippen LogP contribution in [-0.4, -0.2) is 22.2 Å². The number of carboxylic acid groups (broad SMARTS) is 1. The monoisotopic (exact) mass is 261 g/mol. The molecule has 16 heavy (non-hydrogen) atoms. The molecular weight excluding hydrogens is 253 g/mol. The van der Waals surface area contributed by atoms with E-state index in [0.29, 0.717) is 21.3 Å². The van der Waals surface area contributed by atoms with Gasteiger partial charge < -0.3 is 15.5 Å². The van der Waals surface area contributed by atoms with E-state index in [0.717, 1.165) is 0 Å². The first-order valence-corrected chi connectivity index (χ1v) is 5.41. The molecule has 0 aliphatic carbocycles. The molecule has 1 aromatic carbocycles. The van der Waals surface area contributed by atoms with Crippen molar-refractivity contribution < 1.29 is 15.0 Å². The summed E-state index contributed by atoms with van der Waals surface area (Å²) in [6, 6.07) is 2.26. The molecule has 0 amide bonds. The number of aliphatic hydroxyl groups is 1. The first kappa shape index (κ1) is 11.5. The number of nitrogens with one attached hydrogen (secondary N) is 1. The molecule has 0 bridgehead atoms. The highest BCUT2D eigenvalue weighted by molar-refractivity contribution is 6.35. The fourth-order valence-corrected chi connectivity index (χ4v) is 2.41. The lowest BCUT2D eigenvalue weighted by Gasteiger charge is -2.29. The first-order valence-electron chi connectivity index (χ1n) is 4.65. The molecule has 6 heteroatoms. The number of benzene rings is 1. The lowest BCUT2D eigenvalue weighted by atomic mass is 9.95. The molecule has 0 spiro atoms. The van der Waals surface area contributed by atoms with Crippen LogP contribution >= 0.6 is 23.2 Å². The number of anilines is 1. The minimum absolute atomic E-state index is 0.0870. The van der Waals surface area contributed by atoms with Crippen LogP contribution in [0.1, 0.15) is 18.1 Å². The second kappa shape index (κ2) is 4.13. The topological polar surface area (TPSA) is 69.6 Å². The van der Waals surface area contributed by atoms with E-state index in [9.17, 15) is 9.90 Å². The average molecular weight is 262 g/mol. The minimum Gasteiger partial charge on any atom is -0.480 e. The zero-order chi connectivity index (χ0) is 11.9. The van der Waals surface area contributed by atoms with Crippen molar-refractivity contribution in [1.82, 2.24) is 0 Å². The largest absolute Gasteiger partial charge is 0.480 e. The van der Waals surface area contributed by atoms with E-state index in [2.05, 4.69) is 5.32 Å². The van der Waals surface area contributed by atoms with E-state index in [1.54, 1.807) is 6.07 Å². The van der Waals surface area contributed by atoms with E-state index in [1.165, 1.54) is 6.07 Å². The zero-order valence-electron chi connectivity index (χ0n) is 8.08. The molecule has 1 heterocycles. The highest BCUT2D eigenvalue weighted by Crippen LogP contribution is 2.39. The summed E-state index contributed by atoms with van der Waals surface area (Å²) in [5.41, 5.74) is 0.979. The van der Waals surface area contributed by atoms with E-state index in [-0.39, 0.29) is 6.42 Å². The van der Waals surface area contributed by atoms with E-state index >= 15 is 0 Å². The normalized spacial score (nSPS) is 23.4. The lowest BCUT2D eigenvalue weighted by Crippen LogP contribution is -2.35. The van der Waals surface area contributed by atoms with Crippen LogP contribution < -0.4 is 5.32 Å². The summed E-state index contributed by atoms with van der Waals surface area (Å²) >= 11 is 11.7. The van der Waals surface area contributed by atoms with Gasteiger partial charge >= 0.3 is 5.97 Å². The average Bonchev–Trinajstić information content (AvgIpc) is 2.15. The molecule has 0 saturated carbocycles. The maximum atomic E-state index is 10.8. The Balaban J connectivity index is 2.46. The van der Waals surface area contributed by atoms with Crippen LogP contribution in [0.4, 0.5) is 5.69 Å². The van der Waals surface area contributed by atoms with Gasteiger partial charge in [-0.15, -0.1) is 0 Å². The summed E-state index contributed by atoms with van der Waals surface area (Å²) in [5, 5.41) is 22.2. The summed E-state index contributed by atoms with van der Waals surface area (Å²) in [4.78, 5) is 10.8. The van der Waals surface area contributed by atoms with Crippen molar-refractivity contribution in [2.24, 2.45) is 0 Å². The molecule has 1 aliphatic heterocycles. The summed E-state index contributed by atoms with van der Waals surface area (Å²) in [6.45, 7) is 0. The highest BCUT2D eigenvalue weighted by Gasteiger charge is 2.31. The zero-order valence-corrected chi connectivity index (χ0v) is 9.59. The van der Waals surface area contributed by atoms with Gasteiger partial charge in [0.2, 0.25) is 0 Å². The van der Waals surface area contributed by atoms with Gasteiger partial charge in [-0.3, -0.25) is 0 Å². The van der Waals surface area contributed by atoms with Crippen LogP contribution in [0.2, 0.25) is 10.0 Å². The van der Waals surface area contributed by atoms with Gasteiger partial charge in [-0.1, -0.05) is 23.2 Å². The van der Waals surface area contributed by atoms with Crippen molar-refractivity contribution in [3.63, 3.8) is 0 Å². The van der Waals surface area contributed by atoms with Gasteiger partial charge in [0.05, 0.1) is 6.10 Å². The summed E-state index contributed by atoms with van der Waals surface area (Å²) in [6.07, 6.45) is -0.800. The lowest BCUT2D eigenvalue weighted by molar-refractivity contribution is -0.138. The number of rotatable bonds is 1. The maximum Gasteiger partial charge on any atom is 0.326 e. The maximum absolute atomic E-state index is 10.8. The van der Waals surface area contributed by atoms with Crippen LogP contribution in [0, 0.1) is 0 Å². The van der Waals surface area contributed by atoms with E-state index < -0.39 is 18.1 Å². The van der Waals surface area contributed by atoms with Crippen LogP contribution in [0.25, 0.3) is 0 Å². The van der Waals surface area contributed by atoms with Crippen LogP contribution in [0.3, 0.4) is 0 Å². The van der Waals surface area contributed by atoms with Gasteiger partial charge in [0.15, 0.2) is 0 Å². The molecular formula is C10H9Cl2NO3. The Kier molecular flexibility index (Phi) is 2.97. The predicted molar refractivity (Wildman–Crippen MR) is 61.1 cm³/mol. The Labute approximate surface area is 102 Å². The van der Waals surface area contributed by atoms with Crippen molar-refractivity contribution in [3.8, 4) is 0 Å². The molecule has 1 aliphatic rings. The van der Waals surface area contributed by atoms with Gasteiger partial charge in [0.1, 0.15) is 6.04 Å². The molecule has 0 radical (unpaired) electrons. The van der Waals surface area contributed by atoms with Crippen molar-refractivity contribution in [2.75, 3.05) is 5.32 Å². The van der Waals surface area contributed by atoms with Crippen molar-refractivity contribution in [1.29, 1.82) is 0 Å². The van der Waals surface area contributed by atoms with Gasteiger partial charge in [-0.25, -0.2) is 4.79 Å². The molecule has 3 N–H and O–H groups in total. The number of hydrogen-bond donors (Lipinski definition) is 3. The predicted octanol–water partition coefficient (Wildman–Crippen LogP) is 2.30. The summed E-state index contributed by atoms with van der Waals surface area (Å²) < 4.78 is 0. The number of carboxylic acids is 1. The molecule has 0 aromatic heterocycles. The fraction of sp³-hybridized carbons (Fsp3) is 0.300. The highest BCUT2D eigenvalue weighted by atomic mass is 35.5. The number of halogens is 2. The van der Waals surface area contributed by atoms with Gasteiger partial charge in [0.25, 0.3) is 0 Å². The molecule has 2 unspecified atom stereocenters. The Morgan fingerprint density at radius 1 is 1.44 bits per heavy atom. The Morgan fingerprint density at radius 2 is 2.12 bits per heavy atom.